The average Bonchev–Trinajstić information content (AvgIpc) is 3.00. The molecule has 0 saturated heterocycles. The second kappa shape index (κ2) is 6.22. The first kappa shape index (κ1) is 14.0. The number of rotatable bonds is 4. The molecule has 5 heteroatoms. The molecule has 0 unspecified atom stereocenters. The Hall–Kier alpha value is -2.95. The topological polar surface area (TPSA) is 65.2 Å². The fourth-order valence-electron chi connectivity index (χ4n) is 1.97. The average molecular weight is 294 g/mol. The summed E-state index contributed by atoms with van der Waals surface area (Å²) in [6.07, 6.45) is 0. The van der Waals surface area contributed by atoms with E-state index in [-0.39, 0.29) is 12.6 Å². The Morgan fingerprint density at radius 3 is 2.45 bits per heavy atom. The molecule has 0 saturated carbocycles. The summed E-state index contributed by atoms with van der Waals surface area (Å²) in [5, 5.41) is 3.74. The lowest BCUT2D eigenvalue weighted by Gasteiger charge is -2.05. The van der Waals surface area contributed by atoms with Gasteiger partial charge in [0, 0.05) is 5.56 Å². The molecule has 3 rings (SSSR count). The highest BCUT2D eigenvalue weighted by Gasteiger charge is 2.10. The van der Waals surface area contributed by atoms with Crippen molar-refractivity contribution in [2.75, 3.05) is 0 Å². The van der Waals surface area contributed by atoms with E-state index in [0.717, 1.165) is 11.1 Å². The monoisotopic (exact) mass is 294 g/mol. The lowest BCUT2D eigenvalue weighted by atomic mass is 10.1. The maximum absolute atomic E-state index is 12.0. The summed E-state index contributed by atoms with van der Waals surface area (Å²) >= 11 is 0. The highest BCUT2D eigenvalue weighted by atomic mass is 16.5. The van der Waals surface area contributed by atoms with Crippen molar-refractivity contribution < 1.29 is 14.1 Å². The first-order valence-corrected chi connectivity index (χ1v) is 6.84. The molecule has 0 amide bonds. The van der Waals surface area contributed by atoms with Gasteiger partial charge in [0.05, 0.1) is 5.56 Å². The van der Waals surface area contributed by atoms with Crippen molar-refractivity contribution in [2.45, 2.75) is 13.5 Å². The van der Waals surface area contributed by atoms with Crippen molar-refractivity contribution in [2.24, 2.45) is 0 Å². The van der Waals surface area contributed by atoms with Crippen LogP contribution in [0.1, 0.15) is 21.7 Å². The number of esters is 1. The Morgan fingerprint density at radius 2 is 1.82 bits per heavy atom. The van der Waals surface area contributed by atoms with Gasteiger partial charge in [-0.2, -0.15) is 4.98 Å². The van der Waals surface area contributed by atoms with Gasteiger partial charge in [-0.3, -0.25) is 0 Å². The molecule has 1 aromatic heterocycles. The summed E-state index contributed by atoms with van der Waals surface area (Å²) < 4.78 is 10.4. The molecule has 0 N–H and O–H groups in total. The predicted octanol–water partition coefficient (Wildman–Crippen LogP) is 3.40. The summed E-state index contributed by atoms with van der Waals surface area (Å²) in [4.78, 5) is 16.1. The molecule has 0 aliphatic carbocycles. The Balaban J connectivity index is 1.66. The van der Waals surface area contributed by atoms with Crippen LogP contribution >= 0.6 is 0 Å². The summed E-state index contributed by atoms with van der Waals surface area (Å²) in [7, 11) is 0. The zero-order chi connectivity index (χ0) is 15.4. The molecule has 0 radical (unpaired) electrons. The number of ether oxygens (including phenoxy) is 1. The van der Waals surface area contributed by atoms with E-state index in [1.165, 1.54) is 0 Å². The fourth-order valence-corrected chi connectivity index (χ4v) is 1.97. The first-order valence-electron chi connectivity index (χ1n) is 6.84. The van der Waals surface area contributed by atoms with E-state index in [9.17, 15) is 4.79 Å². The molecule has 0 bridgehead atoms. The minimum absolute atomic E-state index is 0.254. The number of hydrogen-bond acceptors (Lipinski definition) is 5. The van der Waals surface area contributed by atoms with Crippen LogP contribution in [0.25, 0.3) is 11.5 Å². The van der Waals surface area contributed by atoms with Gasteiger partial charge in [0.1, 0.15) is 6.61 Å². The van der Waals surface area contributed by atoms with Crippen molar-refractivity contribution in [1.29, 1.82) is 0 Å². The lowest BCUT2D eigenvalue weighted by Crippen LogP contribution is -2.05. The zero-order valence-corrected chi connectivity index (χ0v) is 12.0. The molecule has 5 nitrogen and oxygen atoms in total. The lowest BCUT2D eigenvalue weighted by molar-refractivity contribution is 0.0472. The maximum atomic E-state index is 12.0. The van der Waals surface area contributed by atoms with E-state index in [4.69, 9.17) is 9.26 Å². The number of aryl methyl sites for hydroxylation is 1. The summed E-state index contributed by atoms with van der Waals surface area (Å²) in [6.45, 7) is 2.01. The van der Waals surface area contributed by atoms with Crippen molar-refractivity contribution in [3.63, 3.8) is 0 Å². The van der Waals surface area contributed by atoms with E-state index in [0.29, 0.717) is 17.3 Å². The summed E-state index contributed by atoms with van der Waals surface area (Å²) in [5.41, 5.74) is 2.20. The highest BCUT2D eigenvalue weighted by Crippen LogP contribution is 2.18. The Morgan fingerprint density at radius 1 is 1.09 bits per heavy atom. The Kier molecular flexibility index (Phi) is 3.96. The van der Waals surface area contributed by atoms with E-state index in [1.54, 1.807) is 31.2 Å². The van der Waals surface area contributed by atoms with Gasteiger partial charge in [-0.05, 0) is 36.8 Å². The quantitative estimate of drug-likeness (QED) is 0.690. The van der Waals surface area contributed by atoms with Crippen LogP contribution in [-0.4, -0.2) is 16.1 Å². The second-order valence-corrected chi connectivity index (χ2v) is 4.79. The number of carbonyl (C=O) groups is 1. The largest absolute Gasteiger partial charge is 0.457 e. The standard InChI is InChI=1S/C17H14N2O3/c1-12-18-16(22-19-12)14-7-9-15(10-8-14)17(20)21-11-13-5-3-2-4-6-13/h2-10H,11H2,1H3. The van der Waals surface area contributed by atoms with E-state index in [1.807, 2.05) is 30.3 Å². The third-order valence-electron chi connectivity index (χ3n) is 3.11. The molecule has 3 aromatic rings. The molecule has 22 heavy (non-hydrogen) atoms. The number of nitrogens with zero attached hydrogens (tertiary/aromatic N) is 2. The van der Waals surface area contributed by atoms with Gasteiger partial charge in [0.15, 0.2) is 5.82 Å². The van der Waals surface area contributed by atoms with Crippen LogP contribution in [0, 0.1) is 6.92 Å². The predicted molar refractivity (Wildman–Crippen MR) is 80.0 cm³/mol. The molecular formula is C17H14N2O3. The van der Waals surface area contributed by atoms with E-state index in [2.05, 4.69) is 10.1 Å². The molecule has 2 aromatic carbocycles. The fraction of sp³-hybridized carbons (Fsp3) is 0.118. The van der Waals surface area contributed by atoms with Crippen molar-refractivity contribution in [3.8, 4) is 11.5 Å². The van der Waals surface area contributed by atoms with Crippen LogP contribution in [0.4, 0.5) is 0 Å². The van der Waals surface area contributed by atoms with Gasteiger partial charge in [0.2, 0.25) is 0 Å². The molecule has 0 atom stereocenters. The minimum Gasteiger partial charge on any atom is -0.457 e. The van der Waals surface area contributed by atoms with Crippen LogP contribution in [-0.2, 0) is 11.3 Å². The third kappa shape index (κ3) is 3.20. The van der Waals surface area contributed by atoms with Gasteiger partial charge >= 0.3 is 5.97 Å². The second-order valence-electron chi connectivity index (χ2n) is 4.79. The first-order chi connectivity index (χ1) is 10.7. The van der Waals surface area contributed by atoms with Gasteiger partial charge in [-0.25, -0.2) is 4.79 Å². The molecule has 110 valence electrons. The molecule has 0 aliphatic rings. The van der Waals surface area contributed by atoms with Crippen LogP contribution < -0.4 is 0 Å². The Bertz CT molecular complexity index is 764. The van der Waals surface area contributed by atoms with Gasteiger partial charge in [0.25, 0.3) is 5.89 Å². The molecular weight excluding hydrogens is 280 g/mol. The van der Waals surface area contributed by atoms with Gasteiger partial charge < -0.3 is 9.26 Å². The summed E-state index contributed by atoms with van der Waals surface area (Å²) in [6, 6.07) is 16.4. The highest BCUT2D eigenvalue weighted by molar-refractivity contribution is 5.89. The van der Waals surface area contributed by atoms with E-state index >= 15 is 0 Å². The molecule has 0 aliphatic heterocycles. The van der Waals surface area contributed by atoms with Crippen LogP contribution in [0.3, 0.4) is 0 Å². The SMILES string of the molecule is Cc1noc(-c2ccc(C(=O)OCc3ccccc3)cc2)n1. The molecule has 0 fully saturated rings. The number of carbonyl (C=O) groups excluding carboxylic acids is 1. The van der Waals surface area contributed by atoms with Gasteiger partial charge in [-0.15, -0.1) is 0 Å². The van der Waals surface area contributed by atoms with E-state index < -0.39 is 0 Å². The van der Waals surface area contributed by atoms with Crippen LogP contribution in [0.15, 0.2) is 59.1 Å². The minimum atomic E-state index is -0.364. The summed E-state index contributed by atoms with van der Waals surface area (Å²) in [5.74, 6) is 0.639. The number of aromatic nitrogens is 2. The van der Waals surface area contributed by atoms with Crippen LogP contribution in [0.2, 0.25) is 0 Å². The smallest absolute Gasteiger partial charge is 0.338 e. The maximum Gasteiger partial charge on any atom is 0.338 e. The van der Waals surface area contributed by atoms with Gasteiger partial charge in [-0.1, -0.05) is 35.5 Å². The number of benzene rings is 2. The van der Waals surface area contributed by atoms with Crippen molar-refractivity contribution in [1.82, 2.24) is 10.1 Å². The molecule has 1 heterocycles. The number of hydrogen-bond donors (Lipinski definition) is 0. The molecule has 0 spiro atoms. The zero-order valence-electron chi connectivity index (χ0n) is 12.0. The third-order valence-corrected chi connectivity index (χ3v) is 3.11. The van der Waals surface area contributed by atoms with Crippen molar-refractivity contribution >= 4 is 5.97 Å². The Labute approximate surface area is 127 Å². The normalized spacial score (nSPS) is 10.4. The van der Waals surface area contributed by atoms with Crippen LogP contribution in [0.5, 0.6) is 0 Å². The van der Waals surface area contributed by atoms with Crippen molar-refractivity contribution in [3.05, 3.63) is 71.5 Å².